The third-order valence-corrected chi connectivity index (χ3v) is 5.98. The lowest BCUT2D eigenvalue weighted by molar-refractivity contribution is 0.0492. The topological polar surface area (TPSA) is 50.2 Å². The van der Waals surface area contributed by atoms with E-state index in [-0.39, 0.29) is 18.3 Å². The number of hydrogen-bond donors (Lipinski definition) is 1. The van der Waals surface area contributed by atoms with Gasteiger partial charge in [-0.25, -0.2) is 0 Å². The molecule has 2 aromatic rings. The minimum absolute atomic E-state index is 0. The molecule has 136 valence electrons. The van der Waals surface area contributed by atoms with Crippen LogP contribution < -0.4 is 5.32 Å². The van der Waals surface area contributed by atoms with Crippen LogP contribution >= 0.6 is 12.4 Å². The molecule has 1 N–H and O–H groups in total. The minimum Gasteiger partial charge on any atom is -0.337 e. The quantitative estimate of drug-likeness (QED) is 0.848. The lowest BCUT2D eigenvalue weighted by Crippen LogP contribution is -2.47. The van der Waals surface area contributed by atoms with Crippen molar-refractivity contribution in [2.24, 2.45) is 12.5 Å². The predicted molar refractivity (Wildman–Crippen MR) is 102 cm³/mol. The van der Waals surface area contributed by atoms with Crippen LogP contribution in [0.4, 0.5) is 0 Å². The monoisotopic (exact) mass is 362 g/mol. The number of nitrogens with zero attached hydrogens (tertiary/aromatic N) is 3. The molecule has 4 rings (SSSR count). The summed E-state index contributed by atoms with van der Waals surface area (Å²) in [7, 11) is 1.91. The van der Waals surface area contributed by atoms with Crippen molar-refractivity contribution >= 4 is 29.2 Å². The summed E-state index contributed by atoms with van der Waals surface area (Å²) in [5.74, 6) is 0.0926. The first-order chi connectivity index (χ1) is 11.6. The molecule has 2 saturated heterocycles. The molecule has 0 saturated carbocycles. The summed E-state index contributed by atoms with van der Waals surface area (Å²) in [6.07, 6.45) is 4.76. The number of aryl methyl sites for hydroxylation is 2. The van der Waals surface area contributed by atoms with Gasteiger partial charge in [-0.3, -0.25) is 9.48 Å². The molecule has 2 aliphatic rings. The van der Waals surface area contributed by atoms with Gasteiger partial charge in [0.25, 0.3) is 5.91 Å². The SMILES string of the molecule is Cc1ccc2c(c1)c(C(=O)N1CCC3(CCNCC3)CC1)nn2C.Cl. The van der Waals surface area contributed by atoms with Crippen molar-refractivity contribution in [2.75, 3.05) is 26.2 Å². The summed E-state index contributed by atoms with van der Waals surface area (Å²) in [5.41, 5.74) is 3.26. The highest BCUT2D eigenvalue weighted by Crippen LogP contribution is 2.39. The van der Waals surface area contributed by atoms with Crippen molar-refractivity contribution in [1.82, 2.24) is 20.0 Å². The van der Waals surface area contributed by atoms with Crippen molar-refractivity contribution in [3.8, 4) is 0 Å². The van der Waals surface area contributed by atoms with E-state index in [4.69, 9.17) is 0 Å². The Bertz CT molecular complexity index is 769. The molecule has 2 aliphatic heterocycles. The number of amides is 1. The molecule has 0 radical (unpaired) electrons. The average Bonchev–Trinajstić information content (AvgIpc) is 2.92. The number of likely N-dealkylation sites (tertiary alicyclic amines) is 1. The fraction of sp³-hybridized carbons (Fsp3) is 0.579. The Labute approximate surface area is 155 Å². The fourth-order valence-corrected chi connectivity index (χ4v) is 4.33. The molecule has 0 aliphatic carbocycles. The zero-order valence-electron chi connectivity index (χ0n) is 15.0. The van der Waals surface area contributed by atoms with Crippen LogP contribution in [0.1, 0.15) is 41.7 Å². The molecule has 6 heteroatoms. The van der Waals surface area contributed by atoms with E-state index in [1.807, 2.05) is 16.6 Å². The van der Waals surface area contributed by atoms with Gasteiger partial charge in [0.15, 0.2) is 5.69 Å². The van der Waals surface area contributed by atoms with Crippen molar-refractivity contribution in [1.29, 1.82) is 0 Å². The Kier molecular flexibility index (Phi) is 5.07. The molecule has 0 bridgehead atoms. The van der Waals surface area contributed by atoms with E-state index < -0.39 is 0 Å². The first kappa shape index (κ1) is 18.2. The van der Waals surface area contributed by atoms with Gasteiger partial charge in [-0.2, -0.15) is 5.10 Å². The second-order valence-electron chi connectivity index (χ2n) is 7.54. The molecule has 2 fully saturated rings. The average molecular weight is 363 g/mol. The molecular weight excluding hydrogens is 336 g/mol. The lowest BCUT2D eigenvalue weighted by Gasteiger charge is -2.44. The van der Waals surface area contributed by atoms with Crippen LogP contribution in [-0.4, -0.2) is 46.8 Å². The number of rotatable bonds is 1. The highest BCUT2D eigenvalue weighted by molar-refractivity contribution is 6.05. The predicted octanol–water partition coefficient (Wildman–Crippen LogP) is 2.91. The second-order valence-corrected chi connectivity index (χ2v) is 7.54. The number of fused-ring (bicyclic) bond motifs is 1. The maximum absolute atomic E-state index is 13.0. The van der Waals surface area contributed by atoms with Gasteiger partial charge in [0.2, 0.25) is 0 Å². The van der Waals surface area contributed by atoms with E-state index in [0.717, 1.165) is 55.5 Å². The molecule has 3 heterocycles. The number of halogens is 1. The Hall–Kier alpha value is -1.59. The molecule has 5 nitrogen and oxygen atoms in total. The third kappa shape index (κ3) is 3.27. The number of aromatic nitrogens is 2. The van der Waals surface area contributed by atoms with Gasteiger partial charge < -0.3 is 10.2 Å². The Morgan fingerprint density at radius 1 is 1.16 bits per heavy atom. The van der Waals surface area contributed by atoms with E-state index in [1.54, 1.807) is 0 Å². The first-order valence-corrected chi connectivity index (χ1v) is 9.01. The number of nitrogens with one attached hydrogen (secondary N) is 1. The van der Waals surface area contributed by atoms with Gasteiger partial charge in [-0.05, 0) is 63.2 Å². The standard InChI is InChI=1S/C19H26N4O.ClH/c1-14-3-4-16-15(13-14)17(21-22(16)2)18(24)23-11-7-19(8-12-23)5-9-20-10-6-19;/h3-4,13,20H,5-12H2,1-2H3;1H. The molecule has 0 atom stereocenters. The molecule has 1 amide bonds. The second kappa shape index (κ2) is 6.96. The third-order valence-electron chi connectivity index (χ3n) is 5.98. The number of carbonyl (C=O) groups is 1. The van der Waals surface area contributed by atoms with Gasteiger partial charge in [-0.1, -0.05) is 11.6 Å². The van der Waals surface area contributed by atoms with Crippen LogP contribution in [0.2, 0.25) is 0 Å². The molecule has 1 aromatic carbocycles. The van der Waals surface area contributed by atoms with Crippen LogP contribution in [-0.2, 0) is 7.05 Å². The molecule has 25 heavy (non-hydrogen) atoms. The Morgan fingerprint density at radius 3 is 2.52 bits per heavy atom. The molecule has 0 unspecified atom stereocenters. The van der Waals surface area contributed by atoms with E-state index in [0.29, 0.717) is 11.1 Å². The zero-order valence-corrected chi connectivity index (χ0v) is 15.9. The van der Waals surface area contributed by atoms with Crippen LogP contribution in [0.3, 0.4) is 0 Å². The van der Waals surface area contributed by atoms with E-state index >= 15 is 0 Å². The lowest BCUT2D eigenvalue weighted by atomic mass is 9.71. The highest BCUT2D eigenvalue weighted by Gasteiger charge is 2.37. The number of hydrogen-bond acceptors (Lipinski definition) is 3. The van der Waals surface area contributed by atoms with Crippen molar-refractivity contribution in [2.45, 2.75) is 32.6 Å². The summed E-state index contributed by atoms with van der Waals surface area (Å²) in [6.45, 7) is 6.03. The normalized spacial score (nSPS) is 19.8. The number of carbonyl (C=O) groups excluding carboxylic acids is 1. The van der Waals surface area contributed by atoms with Gasteiger partial charge in [0.1, 0.15) is 0 Å². The minimum atomic E-state index is 0. The van der Waals surface area contributed by atoms with E-state index in [9.17, 15) is 4.79 Å². The molecular formula is C19H27ClN4O. The van der Waals surface area contributed by atoms with Gasteiger partial charge in [0, 0.05) is 25.5 Å². The fourth-order valence-electron chi connectivity index (χ4n) is 4.33. The highest BCUT2D eigenvalue weighted by atomic mass is 35.5. The first-order valence-electron chi connectivity index (χ1n) is 9.01. The summed E-state index contributed by atoms with van der Waals surface area (Å²) in [6, 6.07) is 6.20. The van der Waals surface area contributed by atoms with Crippen molar-refractivity contribution in [3.05, 3.63) is 29.5 Å². The summed E-state index contributed by atoms with van der Waals surface area (Å²) < 4.78 is 1.82. The summed E-state index contributed by atoms with van der Waals surface area (Å²) in [4.78, 5) is 15.1. The Morgan fingerprint density at radius 2 is 1.84 bits per heavy atom. The number of piperidine rings is 2. The van der Waals surface area contributed by atoms with Gasteiger partial charge in [-0.15, -0.1) is 12.4 Å². The van der Waals surface area contributed by atoms with E-state index in [1.165, 1.54) is 12.8 Å². The molecule has 1 spiro atoms. The van der Waals surface area contributed by atoms with Gasteiger partial charge in [0.05, 0.1) is 5.52 Å². The van der Waals surface area contributed by atoms with Crippen LogP contribution in [0.15, 0.2) is 18.2 Å². The number of benzene rings is 1. The summed E-state index contributed by atoms with van der Waals surface area (Å²) in [5, 5.41) is 8.95. The smallest absolute Gasteiger partial charge is 0.275 e. The van der Waals surface area contributed by atoms with Crippen LogP contribution in [0.25, 0.3) is 10.9 Å². The van der Waals surface area contributed by atoms with E-state index in [2.05, 4.69) is 35.5 Å². The summed E-state index contributed by atoms with van der Waals surface area (Å²) >= 11 is 0. The molecule has 1 aromatic heterocycles. The zero-order chi connectivity index (χ0) is 16.7. The van der Waals surface area contributed by atoms with Gasteiger partial charge >= 0.3 is 0 Å². The van der Waals surface area contributed by atoms with Crippen LogP contribution in [0, 0.1) is 12.3 Å². The van der Waals surface area contributed by atoms with Crippen molar-refractivity contribution in [3.63, 3.8) is 0 Å². The Balaban J connectivity index is 0.00000182. The maximum Gasteiger partial charge on any atom is 0.275 e. The largest absolute Gasteiger partial charge is 0.337 e. The maximum atomic E-state index is 13.0. The van der Waals surface area contributed by atoms with Crippen molar-refractivity contribution < 1.29 is 4.79 Å². The van der Waals surface area contributed by atoms with Crippen LogP contribution in [0.5, 0.6) is 0 Å².